The van der Waals surface area contributed by atoms with Crippen LogP contribution in [0.5, 0.6) is 0 Å². The number of ether oxygens (including phenoxy) is 2. The molecule has 0 spiro atoms. The summed E-state index contributed by atoms with van der Waals surface area (Å²) >= 11 is 0. The second-order valence-electron chi connectivity index (χ2n) is 5.91. The molecule has 1 aliphatic rings. The molecule has 1 fully saturated rings. The molecule has 0 bridgehead atoms. The molecule has 22 heavy (non-hydrogen) atoms. The fraction of sp³-hybridized carbons (Fsp3) is 0.444. The number of carbonyl (C=O) groups is 2. The molecule has 0 radical (unpaired) electrons. The average molecular weight is 302 g/mol. The van der Waals surface area contributed by atoms with Gasteiger partial charge in [-0.2, -0.15) is 0 Å². The third-order valence-corrected chi connectivity index (χ3v) is 4.45. The molecule has 0 saturated heterocycles. The Morgan fingerprint density at radius 3 is 2.41 bits per heavy atom. The molecule has 2 rings (SSSR count). The summed E-state index contributed by atoms with van der Waals surface area (Å²) in [6.07, 6.45) is 0.299. The summed E-state index contributed by atoms with van der Waals surface area (Å²) in [5, 5.41) is 0. The minimum absolute atomic E-state index is 0.0176. The van der Waals surface area contributed by atoms with Crippen molar-refractivity contribution in [3.05, 3.63) is 48.0 Å². The first-order chi connectivity index (χ1) is 10.5. The summed E-state index contributed by atoms with van der Waals surface area (Å²) in [6, 6.07) is 8.87. The molecule has 0 N–H and O–H groups in total. The van der Waals surface area contributed by atoms with Crippen molar-refractivity contribution in [2.75, 3.05) is 7.11 Å². The van der Waals surface area contributed by atoms with Crippen LogP contribution in [0.3, 0.4) is 0 Å². The summed E-state index contributed by atoms with van der Waals surface area (Å²) < 4.78 is 10.5. The van der Waals surface area contributed by atoms with Crippen molar-refractivity contribution in [3.63, 3.8) is 0 Å². The van der Waals surface area contributed by atoms with Crippen LogP contribution in [0.25, 0.3) is 0 Å². The number of carbonyl (C=O) groups excluding carboxylic acids is 2. The maximum Gasteiger partial charge on any atom is 0.338 e. The molecule has 1 aromatic carbocycles. The van der Waals surface area contributed by atoms with E-state index in [0.29, 0.717) is 12.0 Å². The Labute approximate surface area is 131 Å². The maximum atomic E-state index is 12.2. The molecular formula is C18H22O4. The Morgan fingerprint density at radius 1 is 1.23 bits per heavy atom. The van der Waals surface area contributed by atoms with Crippen molar-refractivity contribution >= 4 is 11.9 Å². The minimum Gasteiger partial charge on any atom is -0.469 e. The van der Waals surface area contributed by atoms with Gasteiger partial charge in [-0.05, 0) is 31.4 Å². The summed E-state index contributed by atoms with van der Waals surface area (Å²) in [4.78, 5) is 24.2. The zero-order chi connectivity index (χ0) is 16.3. The third-order valence-electron chi connectivity index (χ3n) is 4.45. The summed E-state index contributed by atoms with van der Waals surface area (Å²) in [5.74, 6) is -1.05. The number of hydrogen-bond acceptors (Lipinski definition) is 4. The van der Waals surface area contributed by atoms with Gasteiger partial charge >= 0.3 is 11.9 Å². The molecule has 4 nitrogen and oxygen atoms in total. The fourth-order valence-corrected chi connectivity index (χ4v) is 3.17. The van der Waals surface area contributed by atoms with E-state index in [-0.39, 0.29) is 35.8 Å². The van der Waals surface area contributed by atoms with Gasteiger partial charge in [-0.25, -0.2) is 4.79 Å². The first kappa shape index (κ1) is 16.3. The lowest BCUT2D eigenvalue weighted by Crippen LogP contribution is -2.29. The van der Waals surface area contributed by atoms with Crippen LogP contribution in [0.1, 0.15) is 30.6 Å². The van der Waals surface area contributed by atoms with Gasteiger partial charge in [-0.15, -0.1) is 0 Å². The minimum atomic E-state index is -0.358. The van der Waals surface area contributed by atoms with E-state index in [1.807, 2.05) is 19.9 Å². The van der Waals surface area contributed by atoms with E-state index < -0.39 is 0 Å². The number of benzene rings is 1. The van der Waals surface area contributed by atoms with Crippen LogP contribution in [-0.4, -0.2) is 25.2 Å². The lowest BCUT2D eigenvalue weighted by Gasteiger charge is -2.21. The zero-order valence-electron chi connectivity index (χ0n) is 13.2. The van der Waals surface area contributed by atoms with Gasteiger partial charge in [0.05, 0.1) is 18.6 Å². The van der Waals surface area contributed by atoms with Crippen molar-refractivity contribution in [2.24, 2.45) is 17.8 Å². The molecule has 1 aliphatic carbocycles. The Balaban J connectivity index is 2.14. The van der Waals surface area contributed by atoms with Crippen molar-refractivity contribution in [2.45, 2.75) is 26.4 Å². The second-order valence-corrected chi connectivity index (χ2v) is 5.91. The van der Waals surface area contributed by atoms with Crippen LogP contribution in [0.4, 0.5) is 0 Å². The average Bonchev–Trinajstić information content (AvgIpc) is 2.84. The lowest BCUT2D eigenvalue weighted by atomic mass is 9.86. The summed E-state index contributed by atoms with van der Waals surface area (Å²) in [7, 11) is 1.38. The smallest absolute Gasteiger partial charge is 0.338 e. The van der Waals surface area contributed by atoms with Crippen molar-refractivity contribution < 1.29 is 19.1 Å². The maximum absolute atomic E-state index is 12.2. The highest BCUT2D eigenvalue weighted by molar-refractivity contribution is 5.89. The molecule has 0 aliphatic heterocycles. The van der Waals surface area contributed by atoms with Crippen LogP contribution in [0.15, 0.2) is 42.5 Å². The van der Waals surface area contributed by atoms with E-state index in [1.54, 1.807) is 24.3 Å². The van der Waals surface area contributed by atoms with Crippen LogP contribution in [-0.2, 0) is 14.3 Å². The van der Waals surface area contributed by atoms with E-state index >= 15 is 0 Å². The van der Waals surface area contributed by atoms with Gasteiger partial charge in [-0.3, -0.25) is 4.79 Å². The van der Waals surface area contributed by atoms with E-state index in [0.717, 1.165) is 5.57 Å². The molecule has 0 unspecified atom stereocenters. The Hall–Kier alpha value is -2.10. The molecular weight excluding hydrogens is 280 g/mol. The van der Waals surface area contributed by atoms with E-state index in [9.17, 15) is 9.59 Å². The molecule has 0 amide bonds. The van der Waals surface area contributed by atoms with Gasteiger partial charge in [0.1, 0.15) is 6.10 Å². The normalized spacial score (nSPS) is 27.2. The lowest BCUT2D eigenvalue weighted by molar-refractivity contribution is -0.148. The fourth-order valence-electron chi connectivity index (χ4n) is 3.17. The number of hydrogen-bond donors (Lipinski definition) is 0. The molecule has 4 atom stereocenters. The monoisotopic (exact) mass is 302 g/mol. The van der Waals surface area contributed by atoms with Gasteiger partial charge in [0.25, 0.3) is 0 Å². The number of rotatable bonds is 4. The molecule has 4 heteroatoms. The van der Waals surface area contributed by atoms with Crippen molar-refractivity contribution in [1.82, 2.24) is 0 Å². The van der Waals surface area contributed by atoms with Crippen LogP contribution < -0.4 is 0 Å². The first-order valence-corrected chi connectivity index (χ1v) is 7.45. The third kappa shape index (κ3) is 3.21. The van der Waals surface area contributed by atoms with Gasteiger partial charge in [-0.1, -0.05) is 37.3 Å². The topological polar surface area (TPSA) is 52.6 Å². The largest absolute Gasteiger partial charge is 0.469 e. The number of esters is 2. The van der Waals surface area contributed by atoms with E-state index in [2.05, 4.69) is 6.58 Å². The molecule has 0 aromatic heterocycles. The molecule has 118 valence electrons. The van der Waals surface area contributed by atoms with Gasteiger partial charge < -0.3 is 9.47 Å². The van der Waals surface area contributed by atoms with Crippen LogP contribution in [0, 0.1) is 17.8 Å². The highest BCUT2D eigenvalue weighted by Gasteiger charge is 2.47. The molecule has 1 saturated carbocycles. The molecule has 1 aromatic rings. The SMILES string of the molecule is C=C(C)[C@@H]1C[C@H](OC(=O)c2ccccc2)[C@H](C)[C@H]1C(=O)OC. The Kier molecular flexibility index (Phi) is 5.01. The quantitative estimate of drug-likeness (QED) is 0.633. The highest BCUT2D eigenvalue weighted by Crippen LogP contribution is 2.43. The van der Waals surface area contributed by atoms with E-state index in [1.165, 1.54) is 7.11 Å². The summed E-state index contributed by atoms with van der Waals surface area (Å²) in [5.41, 5.74) is 1.43. The van der Waals surface area contributed by atoms with Gasteiger partial charge in [0, 0.05) is 5.92 Å². The number of methoxy groups -OCH3 is 1. The van der Waals surface area contributed by atoms with Crippen molar-refractivity contribution in [1.29, 1.82) is 0 Å². The second kappa shape index (κ2) is 6.77. The predicted octanol–water partition coefficient (Wildman–Crippen LogP) is 3.23. The Morgan fingerprint density at radius 2 is 1.86 bits per heavy atom. The van der Waals surface area contributed by atoms with Crippen LogP contribution >= 0.6 is 0 Å². The first-order valence-electron chi connectivity index (χ1n) is 7.45. The number of allylic oxidation sites excluding steroid dienone is 1. The molecule has 0 heterocycles. The van der Waals surface area contributed by atoms with E-state index in [4.69, 9.17) is 9.47 Å². The zero-order valence-corrected chi connectivity index (χ0v) is 13.2. The Bertz CT molecular complexity index is 564. The summed E-state index contributed by atoms with van der Waals surface area (Å²) in [6.45, 7) is 7.78. The standard InChI is InChI=1S/C18H22O4/c1-11(2)14-10-15(12(3)16(14)18(20)21-4)22-17(19)13-8-6-5-7-9-13/h5-9,12,14-16H,1,10H2,2-4H3/t12-,14-,15-,16+/m0/s1. The predicted molar refractivity (Wildman–Crippen MR) is 83.2 cm³/mol. The van der Waals surface area contributed by atoms with Gasteiger partial charge in [0.2, 0.25) is 0 Å². The van der Waals surface area contributed by atoms with Crippen LogP contribution in [0.2, 0.25) is 0 Å². The highest BCUT2D eigenvalue weighted by atomic mass is 16.5. The van der Waals surface area contributed by atoms with Crippen molar-refractivity contribution in [3.8, 4) is 0 Å². The van der Waals surface area contributed by atoms with Gasteiger partial charge in [0.15, 0.2) is 0 Å².